The van der Waals surface area contributed by atoms with E-state index in [0.717, 1.165) is 10.8 Å². The second kappa shape index (κ2) is 8.39. The zero-order valence-electron chi connectivity index (χ0n) is 15.6. The van der Waals surface area contributed by atoms with Crippen molar-refractivity contribution in [3.63, 3.8) is 0 Å². The van der Waals surface area contributed by atoms with E-state index in [1.807, 2.05) is 72.8 Å². The molecule has 4 rings (SSSR count). The first kappa shape index (κ1) is 18.4. The van der Waals surface area contributed by atoms with Crippen molar-refractivity contribution in [3.8, 4) is 5.75 Å². The van der Waals surface area contributed by atoms with Crippen molar-refractivity contribution in [1.82, 2.24) is 9.78 Å². The number of nitrogens with one attached hydrogen (secondary N) is 1. The Morgan fingerprint density at radius 1 is 0.897 bits per heavy atom. The van der Waals surface area contributed by atoms with Gasteiger partial charge in [-0.15, -0.1) is 0 Å². The third-order valence-corrected chi connectivity index (χ3v) is 4.45. The average Bonchev–Trinajstić information content (AvgIpc) is 2.76. The van der Waals surface area contributed by atoms with Gasteiger partial charge in [-0.1, -0.05) is 54.6 Å². The molecule has 0 spiro atoms. The van der Waals surface area contributed by atoms with E-state index in [0.29, 0.717) is 11.4 Å². The molecule has 0 fully saturated rings. The van der Waals surface area contributed by atoms with E-state index >= 15 is 0 Å². The number of fused-ring (bicyclic) bond motifs is 1. The maximum atomic E-state index is 12.7. The predicted molar refractivity (Wildman–Crippen MR) is 112 cm³/mol. The van der Waals surface area contributed by atoms with Gasteiger partial charge < -0.3 is 10.1 Å². The maximum absolute atomic E-state index is 12.7. The lowest BCUT2D eigenvalue weighted by molar-refractivity contribution is 0.101. The lowest BCUT2D eigenvalue weighted by Gasteiger charge is -2.10. The summed E-state index contributed by atoms with van der Waals surface area (Å²) in [5.41, 5.74) is 0.570. The number of rotatable bonds is 6. The molecule has 0 aliphatic carbocycles. The Morgan fingerprint density at radius 3 is 2.52 bits per heavy atom. The van der Waals surface area contributed by atoms with Crippen molar-refractivity contribution in [1.29, 1.82) is 0 Å². The fourth-order valence-electron chi connectivity index (χ4n) is 3.02. The van der Waals surface area contributed by atoms with Crippen LogP contribution in [0.3, 0.4) is 0 Å². The first-order valence-corrected chi connectivity index (χ1v) is 9.26. The van der Waals surface area contributed by atoms with Gasteiger partial charge in [0.2, 0.25) is 0 Å². The van der Waals surface area contributed by atoms with Crippen molar-refractivity contribution in [3.05, 3.63) is 101 Å². The summed E-state index contributed by atoms with van der Waals surface area (Å²) in [6.45, 7) is 0.508. The van der Waals surface area contributed by atoms with E-state index in [4.69, 9.17) is 4.74 Å². The number of benzene rings is 3. The molecular weight excluding hydrogens is 366 g/mol. The molecule has 0 aliphatic heterocycles. The summed E-state index contributed by atoms with van der Waals surface area (Å²) in [6.07, 6.45) is 0. The molecule has 0 saturated carbocycles. The van der Waals surface area contributed by atoms with Crippen LogP contribution in [0.1, 0.15) is 10.5 Å². The van der Waals surface area contributed by atoms with E-state index in [1.165, 1.54) is 16.8 Å². The summed E-state index contributed by atoms with van der Waals surface area (Å²) < 4.78 is 6.85. The second-order valence-corrected chi connectivity index (χ2v) is 6.42. The number of hydrogen-bond donors (Lipinski definition) is 1. The Kier molecular flexibility index (Phi) is 5.33. The first-order valence-electron chi connectivity index (χ1n) is 9.26. The van der Waals surface area contributed by atoms with Gasteiger partial charge in [-0.3, -0.25) is 9.59 Å². The van der Waals surface area contributed by atoms with Gasteiger partial charge in [0.05, 0.1) is 6.54 Å². The van der Waals surface area contributed by atoms with Gasteiger partial charge in [-0.05, 0) is 29.7 Å². The molecule has 6 nitrogen and oxygen atoms in total. The highest BCUT2D eigenvalue weighted by molar-refractivity contribution is 6.08. The van der Waals surface area contributed by atoms with Crippen molar-refractivity contribution < 1.29 is 9.53 Å². The molecule has 1 heterocycles. The summed E-state index contributed by atoms with van der Waals surface area (Å²) in [5, 5.41) is 9.04. The predicted octanol–water partition coefficient (Wildman–Crippen LogP) is 3.73. The Morgan fingerprint density at radius 2 is 1.66 bits per heavy atom. The number of carbonyl (C=O) groups is 1. The van der Waals surface area contributed by atoms with Crippen LogP contribution in [0.25, 0.3) is 10.8 Å². The van der Waals surface area contributed by atoms with Crippen molar-refractivity contribution in [2.45, 2.75) is 6.54 Å². The van der Waals surface area contributed by atoms with Gasteiger partial charge in [0.1, 0.15) is 18.1 Å². The summed E-state index contributed by atoms with van der Waals surface area (Å²) in [6, 6.07) is 25.6. The van der Waals surface area contributed by atoms with Gasteiger partial charge in [0, 0.05) is 17.1 Å². The Labute approximate surface area is 167 Å². The highest BCUT2D eigenvalue weighted by atomic mass is 16.5. The van der Waals surface area contributed by atoms with Crippen LogP contribution >= 0.6 is 0 Å². The molecule has 3 aromatic carbocycles. The van der Waals surface area contributed by atoms with Crippen LogP contribution < -0.4 is 15.6 Å². The molecule has 0 unspecified atom stereocenters. The quantitative estimate of drug-likeness (QED) is 0.549. The van der Waals surface area contributed by atoms with Gasteiger partial charge in [-0.25, -0.2) is 4.68 Å². The number of aromatic nitrogens is 2. The Bertz CT molecular complexity index is 1200. The van der Waals surface area contributed by atoms with Gasteiger partial charge in [0.25, 0.3) is 11.5 Å². The molecule has 0 bridgehead atoms. The highest BCUT2D eigenvalue weighted by Crippen LogP contribution is 2.23. The molecule has 6 heteroatoms. The number of ether oxygens (including phenoxy) is 1. The van der Waals surface area contributed by atoms with E-state index < -0.39 is 0 Å². The summed E-state index contributed by atoms with van der Waals surface area (Å²) in [4.78, 5) is 24.8. The molecular formula is C23H19N3O3. The summed E-state index contributed by atoms with van der Waals surface area (Å²) >= 11 is 0. The fourth-order valence-corrected chi connectivity index (χ4v) is 3.02. The Balaban J connectivity index is 1.49. The van der Waals surface area contributed by atoms with Crippen molar-refractivity contribution in [2.24, 2.45) is 0 Å². The van der Waals surface area contributed by atoms with Crippen LogP contribution in [0.4, 0.5) is 5.69 Å². The third-order valence-electron chi connectivity index (χ3n) is 4.45. The topological polar surface area (TPSA) is 73.2 Å². The molecule has 4 aromatic rings. The van der Waals surface area contributed by atoms with Crippen LogP contribution in [0.2, 0.25) is 0 Å². The van der Waals surface area contributed by atoms with Crippen LogP contribution in [0.15, 0.2) is 89.7 Å². The van der Waals surface area contributed by atoms with Crippen LogP contribution in [0, 0.1) is 0 Å². The molecule has 1 aromatic heterocycles. The summed E-state index contributed by atoms with van der Waals surface area (Å²) in [7, 11) is 0. The zero-order chi connectivity index (χ0) is 20.1. The standard InChI is InChI=1S/C23H19N3O3/c27-22-14-13-21(25-26(22)15-16-29-18-9-2-1-3-10-18)23(28)24-20-12-6-8-17-7-4-5-11-19(17)20/h1-14H,15-16H2,(H,24,28). The maximum Gasteiger partial charge on any atom is 0.276 e. The van der Waals surface area contributed by atoms with Gasteiger partial charge >= 0.3 is 0 Å². The van der Waals surface area contributed by atoms with E-state index in [2.05, 4.69) is 10.4 Å². The molecule has 0 radical (unpaired) electrons. The molecule has 29 heavy (non-hydrogen) atoms. The van der Waals surface area contributed by atoms with Crippen molar-refractivity contribution >= 4 is 22.4 Å². The molecule has 0 aliphatic rings. The lowest BCUT2D eigenvalue weighted by Crippen LogP contribution is -2.28. The van der Waals surface area contributed by atoms with Crippen molar-refractivity contribution in [2.75, 3.05) is 11.9 Å². The van der Waals surface area contributed by atoms with Crippen LogP contribution in [-0.4, -0.2) is 22.3 Å². The number of amides is 1. The normalized spacial score (nSPS) is 10.6. The number of anilines is 1. The zero-order valence-corrected chi connectivity index (χ0v) is 15.6. The number of para-hydroxylation sites is 1. The van der Waals surface area contributed by atoms with E-state index in [-0.39, 0.29) is 30.3 Å². The number of carbonyl (C=O) groups excluding carboxylic acids is 1. The molecule has 144 valence electrons. The summed E-state index contributed by atoms with van der Waals surface area (Å²) in [5.74, 6) is 0.337. The van der Waals surface area contributed by atoms with Crippen LogP contribution in [-0.2, 0) is 6.54 Å². The third kappa shape index (κ3) is 4.32. The molecule has 1 N–H and O–H groups in total. The van der Waals surface area contributed by atoms with E-state index in [1.54, 1.807) is 0 Å². The minimum absolute atomic E-state index is 0.164. The second-order valence-electron chi connectivity index (χ2n) is 6.42. The SMILES string of the molecule is O=C(Nc1cccc2ccccc12)c1ccc(=O)n(CCOc2ccccc2)n1. The molecule has 1 amide bonds. The minimum atomic E-state index is -0.376. The highest BCUT2D eigenvalue weighted by Gasteiger charge is 2.12. The minimum Gasteiger partial charge on any atom is -0.492 e. The average molecular weight is 385 g/mol. The monoisotopic (exact) mass is 385 g/mol. The largest absolute Gasteiger partial charge is 0.492 e. The number of nitrogens with zero attached hydrogens (tertiary/aromatic N) is 2. The van der Waals surface area contributed by atoms with Gasteiger partial charge in [-0.2, -0.15) is 5.10 Å². The fraction of sp³-hybridized carbons (Fsp3) is 0.0870. The van der Waals surface area contributed by atoms with E-state index in [9.17, 15) is 9.59 Å². The lowest BCUT2D eigenvalue weighted by atomic mass is 10.1. The first-order chi connectivity index (χ1) is 14.2. The smallest absolute Gasteiger partial charge is 0.276 e. The van der Waals surface area contributed by atoms with Crippen LogP contribution in [0.5, 0.6) is 5.75 Å². The number of hydrogen-bond acceptors (Lipinski definition) is 4. The Hall–Kier alpha value is -3.93. The molecule has 0 saturated heterocycles. The molecule has 0 atom stereocenters. The van der Waals surface area contributed by atoms with Gasteiger partial charge in [0.15, 0.2) is 0 Å².